The molecule has 3 rings (SSSR count). The van der Waals surface area contributed by atoms with Crippen molar-refractivity contribution in [3.05, 3.63) is 59.4 Å². The van der Waals surface area contributed by atoms with E-state index in [9.17, 15) is 14.0 Å². The van der Waals surface area contributed by atoms with Crippen LogP contribution in [0.2, 0.25) is 0 Å². The summed E-state index contributed by atoms with van der Waals surface area (Å²) < 4.78 is 14.4. The van der Waals surface area contributed by atoms with Gasteiger partial charge in [-0.25, -0.2) is 4.39 Å². The Morgan fingerprint density at radius 3 is 2.13 bits per heavy atom. The van der Waals surface area contributed by atoms with E-state index in [0.717, 1.165) is 5.69 Å². The SMILES string of the molecule is CC(=O)c1ccc(N2CCN([C@H](C)C(=O)Nc3ccc(C(C)C)cc3)CC2)c(F)c1. The molecule has 2 aromatic rings. The number of ketones is 1. The van der Waals surface area contributed by atoms with Crippen molar-refractivity contribution in [3.8, 4) is 0 Å². The van der Waals surface area contributed by atoms with Crippen LogP contribution in [0.25, 0.3) is 0 Å². The molecule has 1 saturated heterocycles. The van der Waals surface area contributed by atoms with Gasteiger partial charge in [-0.1, -0.05) is 26.0 Å². The van der Waals surface area contributed by atoms with E-state index in [4.69, 9.17) is 0 Å². The smallest absolute Gasteiger partial charge is 0.241 e. The zero-order chi connectivity index (χ0) is 21.8. The Balaban J connectivity index is 1.56. The van der Waals surface area contributed by atoms with Gasteiger partial charge in [0.15, 0.2) is 5.78 Å². The van der Waals surface area contributed by atoms with Crippen LogP contribution in [0.4, 0.5) is 15.8 Å². The maximum absolute atomic E-state index is 14.4. The van der Waals surface area contributed by atoms with E-state index in [1.165, 1.54) is 18.6 Å². The molecular formula is C24H30FN3O2. The van der Waals surface area contributed by atoms with Crippen molar-refractivity contribution in [2.45, 2.75) is 39.7 Å². The number of halogens is 1. The number of amides is 1. The summed E-state index contributed by atoms with van der Waals surface area (Å²) in [7, 11) is 0. The molecule has 1 atom stereocenters. The van der Waals surface area contributed by atoms with Crippen LogP contribution in [0.15, 0.2) is 42.5 Å². The number of hydrogen-bond donors (Lipinski definition) is 1. The molecule has 160 valence electrons. The average Bonchev–Trinajstić information content (AvgIpc) is 2.73. The highest BCUT2D eigenvalue weighted by Gasteiger charge is 2.26. The van der Waals surface area contributed by atoms with Gasteiger partial charge in [0.1, 0.15) is 5.82 Å². The molecule has 0 bridgehead atoms. The Kier molecular flexibility index (Phi) is 6.87. The summed E-state index contributed by atoms with van der Waals surface area (Å²) in [4.78, 5) is 28.2. The Morgan fingerprint density at radius 1 is 0.967 bits per heavy atom. The number of Topliss-reactive ketones (excluding diaryl/α,β-unsaturated/α-hetero) is 1. The Hall–Kier alpha value is -2.73. The molecule has 1 aliphatic heterocycles. The maximum atomic E-state index is 14.4. The normalized spacial score (nSPS) is 15.9. The van der Waals surface area contributed by atoms with Gasteiger partial charge in [0, 0.05) is 37.4 Å². The monoisotopic (exact) mass is 411 g/mol. The summed E-state index contributed by atoms with van der Waals surface area (Å²) in [6.45, 7) is 10.2. The molecule has 2 aromatic carbocycles. The van der Waals surface area contributed by atoms with Crippen molar-refractivity contribution in [1.29, 1.82) is 0 Å². The summed E-state index contributed by atoms with van der Waals surface area (Å²) in [6.07, 6.45) is 0. The molecule has 30 heavy (non-hydrogen) atoms. The number of nitrogens with one attached hydrogen (secondary N) is 1. The zero-order valence-electron chi connectivity index (χ0n) is 18.1. The molecule has 0 aromatic heterocycles. The predicted molar refractivity (Wildman–Crippen MR) is 119 cm³/mol. The lowest BCUT2D eigenvalue weighted by atomic mass is 10.0. The zero-order valence-corrected chi connectivity index (χ0v) is 18.1. The number of hydrogen-bond acceptors (Lipinski definition) is 4. The molecule has 0 aliphatic carbocycles. The van der Waals surface area contributed by atoms with Crippen molar-refractivity contribution in [2.24, 2.45) is 0 Å². The molecule has 1 N–H and O–H groups in total. The van der Waals surface area contributed by atoms with Crippen molar-refractivity contribution in [2.75, 3.05) is 36.4 Å². The lowest BCUT2D eigenvalue weighted by Crippen LogP contribution is -2.53. The van der Waals surface area contributed by atoms with Crippen LogP contribution in [0.5, 0.6) is 0 Å². The standard InChI is InChI=1S/C24H30FN3O2/c1-16(2)19-5-8-21(9-6-19)26-24(30)17(3)27-11-13-28(14-12-27)23-10-7-20(18(4)29)15-22(23)25/h5-10,15-17H,11-14H2,1-4H3,(H,26,30)/t17-/m1/s1. The lowest BCUT2D eigenvalue weighted by Gasteiger charge is -2.38. The average molecular weight is 412 g/mol. The molecule has 0 radical (unpaired) electrons. The third kappa shape index (κ3) is 5.05. The summed E-state index contributed by atoms with van der Waals surface area (Å²) in [6, 6.07) is 12.3. The van der Waals surface area contributed by atoms with E-state index in [2.05, 4.69) is 24.1 Å². The Bertz CT molecular complexity index is 903. The highest BCUT2D eigenvalue weighted by Crippen LogP contribution is 2.23. The van der Waals surface area contributed by atoms with Gasteiger partial charge in [0.05, 0.1) is 11.7 Å². The summed E-state index contributed by atoms with van der Waals surface area (Å²) in [5, 5.41) is 2.99. The molecule has 0 unspecified atom stereocenters. The fourth-order valence-corrected chi connectivity index (χ4v) is 3.70. The van der Waals surface area contributed by atoms with Crippen LogP contribution in [0.3, 0.4) is 0 Å². The molecule has 1 fully saturated rings. The number of anilines is 2. The summed E-state index contributed by atoms with van der Waals surface area (Å²) in [5.74, 6) is -0.123. The van der Waals surface area contributed by atoms with Crippen LogP contribution in [-0.2, 0) is 4.79 Å². The van der Waals surface area contributed by atoms with Crippen LogP contribution >= 0.6 is 0 Å². The first kappa shape index (κ1) is 22.0. The third-order valence-electron chi connectivity index (χ3n) is 5.78. The first-order chi connectivity index (χ1) is 14.3. The minimum absolute atomic E-state index is 0.0438. The van der Waals surface area contributed by atoms with Crippen LogP contribution < -0.4 is 10.2 Å². The van der Waals surface area contributed by atoms with Gasteiger partial charge < -0.3 is 10.2 Å². The second-order valence-electron chi connectivity index (χ2n) is 8.19. The number of nitrogens with zero attached hydrogens (tertiary/aromatic N) is 2. The minimum Gasteiger partial charge on any atom is -0.367 e. The summed E-state index contributed by atoms with van der Waals surface area (Å²) in [5.41, 5.74) is 2.91. The van der Waals surface area contributed by atoms with Gasteiger partial charge in [-0.3, -0.25) is 14.5 Å². The van der Waals surface area contributed by atoms with E-state index in [-0.39, 0.29) is 23.5 Å². The van der Waals surface area contributed by atoms with Crippen molar-refractivity contribution in [1.82, 2.24) is 4.90 Å². The van der Waals surface area contributed by atoms with E-state index >= 15 is 0 Å². The minimum atomic E-state index is -0.383. The second kappa shape index (κ2) is 9.39. The maximum Gasteiger partial charge on any atom is 0.241 e. The van der Waals surface area contributed by atoms with E-state index in [1.807, 2.05) is 36.1 Å². The number of carbonyl (C=O) groups is 2. The molecule has 0 saturated carbocycles. The van der Waals surface area contributed by atoms with E-state index in [0.29, 0.717) is 43.3 Å². The van der Waals surface area contributed by atoms with Crippen LogP contribution in [0.1, 0.15) is 49.5 Å². The molecule has 1 heterocycles. The van der Waals surface area contributed by atoms with Crippen LogP contribution in [0, 0.1) is 5.82 Å². The largest absolute Gasteiger partial charge is 0.367 e. The molecule has 5 nitrogen and oxygen atoms in total. The van der Waals surface area contributed by atoms with Crippen molar-refractivity contribution >= 4 is 23.1 Å². The van der Waals surface area contributed by atoms with Crippen molar-refractivity contribution in [3.63, 3.8) is 0 Å². The van der Waals surface area contributed by atoms with Gasteiger partial charge in [-0.2, -0.15) is 0 Å². The van der Waals surface area contributed by atoms with Crippen LogP contribution in [-0.4, -0.2) is 48.8 Å². The first-order valence-electron chi connectivity index (χ1n) is 10.5. The van der Waals surface area contributed by atoms with Gasteiger partial charge >= 0.3 is 0 Å². The predicted octanol–water partition coefficient (Wildman–Crippen LogP) is 4.30. The molecule has 6 heteroatoms. The third-order valence-corrected chi connectivity index (χ3v) is 5.78. The number of carbonyl (C=O) groups excluding carboxylic acids is 2. The Morgan fingerprint density at radius 2 is 1.60 bits per heavy atom. The van der Waals surface area contributed by atoms with Crippen molar-refractivity contribution < 1.29 is 14.0 Å². The highest BCUT2D eigenvalue weighted by molar-refractivity contribution is 5.95. The fraction of sp³-hybridized carbons (Fsp3) is 0.417. The first-order valence-corrected chi connectivity index (χ1v) is 10.5. The highest BCUT2D eigenvalue weighted by atomic mass is 19.1. The van der Waals surface area contributed by atoms with E-state index < -0.39 is 0 Å². The number of rotatable bonds is 6. The summed E-state index contributed by atoms with van der Waals surface area (Å²) >= 11 is 0. The molecule has 0 spiro atoms. The fourth-order valence-electron chi connectivity index (χ4n) is 3.70. The van der Waals surface area contributed by atoms with Gasteiger partial charge in [-0.15, -0.1) is 0 Å². The molecule has 1 aliphatic rings. The number of piperazine rings is 1. The van der Waals surface area contributed by atoms with E-state index in [1.54, 1.807) is 12.1 Å². The van der Waals surface area contributed by atoms with Gasteiger partial charge in [0.2, 0.25) is 5.91 Å². The quantitative estimate of drug-likeness (QED) is 0.720. The number of benzene rings is 2. The van der Waals surface area contributed by atoms with Gasteiger partial charge in [-0.05, 0) is 55.7 Å². The molecule has 1 amide bonds. The topological polar surface area (TPSA) is 52.7 Å². The second-order valence-corrected chi connectivity index (χ2v) is 8.19. The lowest BCUT2D eigenvalue weighted by molar-refractivity contribution is -0.120. The van der Waals surface area contributed by atoms with Gasteiger partial charge in [0.25, 0.3) is 0 Å². The molecular weight excluding hydrogens is 381 g/mol. The Labute approximate surface area is 177 Å².